The van der Waals surface area contributed by atoms with Crippen molar-refractivity contribution in [2.75, 3.05) is 0 Å². The van der Waals surface area contributed by atoms with Crippen LogP contribution in [0.15, 0.2) is 290 Å². The first-order valence-corrected chi connectivity index (χ1v) is 60.1. The molecule has 6 heteroatoms. The summed E-state index contributed by atoms with van der Waals surface area (Å²) < 4.78 is 0. The first-order chi connectivity index (χ1) is 69.1. The Bertz CT molecular complexity index is 6350. The second-order valence-electron chi connectivity index (χ2n) is 41.7. The predicted molar refractivity (Wildman–Crippen MR) is 661 cm³/mol. The van der Waals surface area contributed by atoms with Gasteiger partial charge in [0.2, 0.25) is 0 Å². The van der Waals surface area contributed by atoms with Gasteiger partial charge in [0.05, 0.1) is 0 Å². The molecule has 746 valence electrons. The largest absolute Gasteiger partial charge is 0.0859 e. The fourth-order valence-corrected chi connectivity index (χ4v) is 40.3. The molecular weight excluding hydrogens is 1860 g/mol. The molecule has 0 amide bonds. The summed E-state index contributed by atoms with van der Waals surface area (Å²) >= 11 is 0. The molecule has 0 aromatic heterocycles. The molecule has 0 nitrogen and oxygen atoms in total. The highest BCUT2D eigenvalue weighted by Crippen LogP contribution is 2.53. The normalized spacial score (nSPS) is 11.7. The molecule has 0 unspecified atom stereocenters. The third-order valence-electron chi connectivity index (χ3n) is 29.2. The molecule has 0 atom stereocenters. The van der Waals surface area contributed by atoms with Crippen molar-refractivity contribution in [1.29, 1.82) is 0 Å². The molecule has 0 aliphatic rings. The Kier molecular flexibility index (Phi) is 38.2. The van der Waals surface area contributed by atoms with E-state index in [-0.39, 0.29) is 0 Å². The van der Waals surface area contributed by atoms with Crippen LogP contribution in [-0.2, 0) is 0 Å². The molecule has 0 saturated heterocycles. The Hall–Kier alpha value is -10.4. The lowest BCUT2D eigenvalue weighted by Crippen LogP contribution is -2.32. The highest BCUT2D eigenvalue weighted by Gasteiger charge is 2.37. The predicted octanol–water partition coefficient (Wildman–Crippen LogP) is 32.5. The Balaban J connectivity index is 0.000000173. The van der Waals surface area contributed by atoms with Crippen molar-refractivity contribution >= 4 is 133 Å². The Morgan fingerprint density at radius 1 is 0.193 bits per heavy atom. The SMILES string of the molecule is CC/C=C(/C)CC/C(=C\CC)P(c1c(C)cccc1C)c1c(C)cccc1C.Cc1cc(C)c(-c2c(C)cc(C)cc2P(c2c(C)cccc2C)c2c(C)cccc2C)c(P(c2c(C)cccc2C)c2c(C)cccc2C)c1.Cc1cc(C)c(-c2c(C)cc(C)cc2P(c2c(C)cccc2C)c2c(C)cccc2C)c(P(c2c(C)cccc2C)c2c(C)cccc2C)c1.Cc1cccc(C)c1Pc1c(C)cccc1C. The minimum atomic E-state index is -0.884. The molecule has 0 saturated carbocycles. The molecule has 0 fully saturated rings. The first kappa shape index (κ1) is 112. The van der Waals surface area contributed by atoms with Crippen LogP contribution in [0.5, 0.6) is 0 Å². The third kappa shape index (κ3) is 24.9. The topological polar surface area (TPSA) is 0 Å². The van der Waals surface area contributed by atoms with Crippen LogP contribution in [0.4, 0.5) is 0 Å². The first-order valence-electron chi connectivity index (χ1n) is 52.4. The number of allylic oxidation sites excluding steroid dienone is 4. The summed E-state index contributed by atoms with van der Waals surface area (Å²) in [6, 6.07) is 101. The molecule has 145 heavy (non-hydrogen) atoms. The van der Waals surface area contributed by atoms with E-state index in [0.717, 1.165) is 34.3 Å². The lowest BCUT2D eigenvalue weighted by atomic mass is 9.94. The zero-order chi connectivity index (χ0) is 105. The van der Waals surface area contributed by atoms with Crippen molar-refractivity contribution in [3.8, 4) is 22.3 Å². The van der Waals surface area contributed by atoms with Crippen molar-refractivity contribution in [3.63, 3.8) is 0 Å². The van der Waals surface area contributed by atoms with E-state index in [1.54, 1.807) is 15.9 Å². The maximum absolute atomic E-state index is 2.54. The lowest BCUT2D eigenvalue weighted by Gasteiger charge is -2.33. The number of hydrogen-bond donors (Lipinski definition) is 0. The molecule has 0 radical (unpaired) electrons. The summed E-state index contributed by atoms with van der Waals surface area (Å²) in [5.74, 6) is 0. The molecule has 0 aliphatic carbocycles. The number of rotatable bonds is 24. The van der Waals surface area contributed by atoms with Gasteiger partial charge in [0.25, 0.3) is 0 Å². The molecule has 0 aliphatic heterocycles. The van der Waals surface area contributed by atoms with Gasteiger partial charge in [-0.2, -0.15) is 0 Å². The molecule has 0 heterocycles. The van der Waals surface area contributed by atoms with Gasteiger partial charge in [0, 0.05) is 0 Å². The number of aryl methyl sites for hydroxylation is 32. The molecule has 0 N–H and O–H groups in total. The molecule has 0 bridgehead atoms. The molecule has 16 aromatic rings. The van der Waals surface area contributed by atoms with E-state index in [4.69, 9.17) is 0 Å². The van der Waals surface area contributed by atoms with Crippen molar-refractivity contribution in [2.24, 2.45) is 0 Å². The summed E-state index contributed by atoms with van der Waals surface area (Å²) in [4.78, 5) is 0. The van der Waals surface area contributed by atoms with Gasteiger partial charge in [-0.25, -0.2) is 0 Å². The van der Waals surface area contributed by atoms with Crippen LogP contribution < -0.4 is 84.9 Å². The summed E-state index contributed by atoms with van der Waals surface area (Å²) in [6.45, 7) is 80.4. The van der Waals surface area contributed by atoms with Crippen molar-refractivity contribution in [3.05, 3.63) is 468 Å². The van der Waals surface area contributed by atoms with Crippen molar-refractivity contribution in [1.82, 2.24) is 0 Å². The zero-order valence-electron chi connectivity index (χ0n) is 94.1. The van der Waals surface area contributed by atoms with Crippen LogP contribution in [0.3, 0.4) is 0 Å². The molecule has 16 aromatic carbocycles. The van der Waals surface area contributed by atoms with Gasteiger partial charge in [0.1, 0.15) is 0 Å². The van der Waals surface area contributed by atoms with Gasteiger partial charge in [-0.1, -0.05) is 329 Å². The Labute approximate surface area is 884 Å². The van der Waals surface area contributed by atoms with Gasteiger partial charge in [-0.05, 0) is 562 Å². The fraction of sp³-hybridized carbons (Fsp3) is 0.281. The van der Waals surface area contributed by atoms with Crippen LogP contribution in [0.1, 0.15) is 224 Å². The minimum Gasteiger partial charge on any atom is -0.0859 e. The number of benzene rings is 16. The van der Waals surface area contributed by atoms with Gasteiger partial charge < -0.3 is 0 Å². The second kappa shape index (κ2) is 49.6. The summed E-state index contributed by atoms with van der Waals surface area (Å²) in [6.07, 6.45) is 9.44. The standard InChI is InChI=1S/2C48H52P2.C27H37P.C16H19P/c2*1-29-25-39(11)43(41(27-29)49(45-31(3)17-13-18-32(45)4)46-33(5)19-14-20-34(46)6)44-40(12)26-30(2)28-42(44)50(47-35(7)21-15-22-36(47)8)48-37(9)23-16-24-38(48)10;1-8-12-20(3)18-19-25(13-9-2)28(26-21(4)14-10-15-22(26)5)27-23(6)16-11-17-24(27)7;1-11-7-5-8-12(2)15(11)17-16-13(3)9-6-10-14(16)4/h2*13-28H,1-12H3;10-17H,8-9,18-19H2,1-7H3;5-10,17H,1-4H3/b;;20-12-,25-13+;. The van der Waals surface area contributed by atoms with Gasteiger partial charge in [-0.3, -0.25) is 0 Å². The van der Waals surface area contributed by atoms with E-state index in [1.165, 1.54) is 280 Å². The van der Waals surface area contributed by atoms with E-state index in [2.05, 4.69) is 521 Å². The second-order valence-corrected chi connectivity index (χ2v) is 53.3. The van der Waals surface area contributed by atoms with E-state index in [0.29, 0.717) is 0 Å². The van der Waals surface area contributed by atoms with Gasteiger partial charge in [-0.15, -0.1) is 0 Å². The zero-order valence-corrected chi connectivity index (χ0v) is 99.6. The highest BCUT2D eigenvalue weighted by atomic mass is 31.1. The van der Waals surface area contributed by atoms with E-state index < -0.39 is 39.6 Å². The monoisotopic (exact) mass is 2020 g/mol. The highest BCUT2D eigenvalue weighted by molar-refractivity contribution is 7.82. The lowest BCUT2D eigenvalue weighted by molar-refractivity contribution is 0.943. The summed E-state index contributed by atoms with van der Waals surface area (Å²) in [7, 11) is -3.27. The van der Waals surface area contributed by atoms with Crippen LogP contribution >= 0.6 is 48.2 Å². The summed E-state index contributed by atoms with van der Waals surface area (Å²) in [5, 5.41) is 25.6. The van der Waals surface area contributed by atoms with Crippen LogP contribution in [0.2, 0.25) is 0 Å². The van der Waals surface area contributed by atoms with Crippen LogP contribution in [0, 0.1) is 222 Å². The maximum atomic E-state index is 2.54. The molecule has 16 rings (SSSR count). The smallest absolute Gasteiger partial charge is 0.00615 e. The van der Waals surface area contributed by atoms with E-state index in [9.17, 15) is 0 Å². The van der Waals surface area contributed by atoms with Crippen LogP contribution in [0.25, 0.3) is 22.3 Å². The fourth-order valence-electron chi connectivity index (χ4n) is 22.6. The van der Waals surface area contributed by atoms with Crippen molar-refractivity contribution < 1.29 is 0 Å². The Morgan fingerprint density at radius 3 is 0.517 bits per heavy atom. The summed E-state index contributed by atoms with van der Waals surface area (Å²) in [5.41, 5.74) is 51.2. The van der Waals surface area contributed by atoms with Crippen molar-refractivity contribution in [2.45, 2.75) is 268 Å². The average Bonchev–Trinajstić information content (AvgIpc) is 0.731. The van der Waals surface area contributed by atoms with Gasteiger partial charge >= 0.3 is 0 Å². The quantitative estimate of drug-likeness (QED) is 0.0418. The number of hydrogen-bond acceptors (Lipinski definition) is 0. The van der Waals surface area contributed by atoms with E-state index in [1.807, 2.05) is 0 Å². The maximum Gasteiger partial charge on any atom is -0.00615 e. The molecule has 0 spiro atoms. The average molecular weight is 2020 g/mol. The van der Waals surface area contributed by atoms with Gasteiger partial charge in [0.15, 0.2) is 0 Å². The third-order valence-corrected chi connectivity index (χ3v) is 47.1. The minimum absolute atomic E-state index is 0.510. The molecular formula is C139H160P6. The Morgan fingerprint density at radius 2 is 0.352 bits per heavy atom. The van der Waals surface area contributed by atoms with E-state index >= 15 is 0 Å². The van der Waals surface area contributed by atoms with Crippen LogP contribution in [-0.4, -0.2) is 0 Å².